The van der Waals surface area contributed by atoms with Gasteiger partial charge in [-0.25, -0.2) is 9.97 Å². The summed E-state index contributed by atoms with van der Waals surface area (Å²) in [6.07, 6.45) is 3.21. The number of hydrogen-bond donors (Lipinski definition) is 1. The molecule has 34 heavy (non-hydrogen) atoms. The first-order valence-corrected chi connectivity index (χ1v) is 12.4. The van der Waals surface area contributed by atoms with Crippen molar-refractivity contribution in [2.24, 2.45) is 0 Å². The monoisotopic (exact) mass is 494 g/mol. The summed E-state index contributed by atoms with van der Waals surface area (Å²) in [6.45, 7) is 3.48. The van der Waals surface area contributed by atoms with E-state index in [0.29, 0.717) is 51.7 Å². The van der Waals surface area contributed by atoms with Gasteiger partial charge in [0.05, 0.1) is 0 Å². The van der Waals surface area contributed by atoms with Crippen molar-refractivity contribution in [2.75, 3.05) is 11.4 Å². The van der Waals surface area contributed by atoms with Gasteiger partial charge in [0.1, 0.15) is 11.7 Å². The normalized spacial score (nSPS) is 15.7. The Kier molecular flexibility index (Phi) is 6.30. The van der Waals surface area contributed by atoms with Crippen LogP contribution in [0.5, 0.6) is 0 Å². The number of nitrogens with one attached hydrogen (secondary N) is 1. The van der Waals surface area contributed by atoms with E-state index >= 15 is 0 Å². The fourth-order valence-electron chi connectivity index (χ4n) is 4.21. The molecule has 0 radical (unpaired) electrons. The number of nitrogens with zero attached hydrogens (tertiary/aromatic N) is 5. The number of rotatable bonds is 6. The second-order valence-electron chi connectivity index (χ2n) is 8.05. The van der Waals surface area contributed by atoms with Crippen molar-refractivity contribution in [3.05, 3.63) is 69.6 Å². The maximum Gasteiger partial charge on any atom is 0.281 e. The lowest BCUT2D eigenvalue weighted by Crippen LogP contribution is -2.43. The summed E-state index contributed by atoms with van der Waals surface area (Å²) < 4.78 is 1.55. The molecular weight excluding hydrogens is 472 g/mol. The summed E-state index contributed by atoms with van der Waals surface area (Å²) in [4.78, 5) is 42.4. The van der Waals surface area contributed by atoms with Crippen LogP contribution in [0.15, 0.2) is 53.5 Å². The summed E-state index contributed by atoms with van der Waals surface area (Å²) in [5, 5.41) is 4.19. The number of thiazole rings is 1. The molecule has 0 bridgehead atoms. The lowest BCUT2D eigenvalue weighted by Gasteiger charge is -2.23. The Bertz CT molecular complexity index is 1400. The Morgan fingerprint density at radius 3 is 2.82 bits per heavy atom. The predicted octanol–water partition coefficient (Wildman–Crippen LogP) is 3.87. The van der Waals surface area contributed by atoms with Crippen LogP contribution in [-0.2, 0) is 17.9 Å². The van der Waals surface area contributed by atoms with Crippen molar-refractivity contribution in [1.29, 1.82) is 0 Å². The molecule has 0 unspecified atom stereocenters. The van der Waals surface area contributed by atoms with Crippen LogP contribution in [0.25, 0.3) is 21.9 Å². The van der Waals surface area contributed by atoms with Gasteiger partial charge < -0.3 is 10.2 Å². The van der Waals surface area contributed by atoms with E-state index in [1.54, 1.807) is 22.9 Å². The van der Waals surface area contributed by atoms with Crippen molar-refractivity contribution in [3.8, 4) is 11.5 Å². The Labute approximate surface area is 205 Å². The van der Waals surface area contributed by atoms with Crippen LogP contribution in [-0.4, -0.2) is 38.0 Å². The van der Waals surface area contributed by atoms with E-state index in [1.165, 1.54) is 11.3 Å². The first-order chi connectivity index (χ1) is 16.5. The number of aromatic nitrogens is 4. The van der Waals surface area contributed by atoms with E-state index in [1.807, 2.05) is 42.2 Å². The zero-order valence-corrected chi connectivity index (χ0v) is 20.1. The molecule has 1 N–H and O–H groups in total. The lowest BCUT2D eigenvalue weighted by atomic mass is 10.2. The second kappa shape index (κ2) is 9.52. The van der Waals surface area contributed by atoms with Crippen molar-refractivity contribution in [2.45, 2.75) is 38.9 Å². The topological polar surface area (TPSA) is 93.0 Å². The summed E-state index contributed by atoms with van der Waals surface area (Å²) in [7, 11) is 0. The summed E-state index contributed by atoms with van der Waals surface area (Å²) in [5.41, 5.74) is 1.66. The third kappa shape index (κ3) is 4.28. The molecule has 1 aliphatic rings. The highest BCUT2D eigenvalue weighted by Crippen LogP contribution is 2.32. The molecule has 5 rings (SSSR count). The quantitative estimate of drug-likeness (QED) is 0.437. The van der Waals surface area contributed by atoms with Crippen molar-refractivity contribution in [1.82, 2.24) is 24.8 Å². The molecule has 1 aromatic carbocycles. The van der Waals surface area contributed by atoms with Gasteiger partial charge in [-0.2, -0.15) is 0 Å². The molecule has 1 aliphatic heterocycles. The largest absolute Gasteiger partial charge is 0.350 e. The molecule has 1 saturated heterocycles. The third-order valence-corrected chi connectivity index (χ3v) is 7.11. The number of hydrogen-bond acceptors (Lipinski definition) is 7. The summed E-state index contributed by atoms with van der Waals surface area (Å²) >= 11 is 7.47. The van der Waals surface area contributed by atoms with Gasteiger partial charge in [0.25, 0.3) is 5.56 Å². The summed E-state index contributed by atoms with van der Waals surface area (Å²) in [5.74, 6) is 0.416. The molecule has 8 nitrogen and oxygen atoms in total. The Hall–Kier alpha value is -3.30. The fourth-order valence-corrected chi connectivity index (χ4v) is 5.37. The predicted molar refractivity (Wildman–Crippen MR) is 134 cm³/mol. The molecule has 1 amide bonds. The number of carbonyl (C=O) groups excluding carboxylic acids is 1. The van der Waals surface area contributed by atoms with E-state index in [0.717, 1.165) is 18.4 Å². The Balaban J connectivity index is 1.46. The van der Waals surface area contributed by atoms with Crippen LogP contribution in [0.3, 0.4) is 0 Å². The van der Waals surface area contributed by atoms with Gasteiger partial charge in [-0.3, -0.25) is 19.1 Å². The minimum Gasteiger partial charge on any atom is -0.350 e. The van der Waals surface area contributed by atoms with Crippen molar-refractivity contribution in [3.63, 3.8) is 0 Å². The number of amides is 1. The van der Waals surface area contributed by atoms with Crippen LogP contribution < -0.4 is 15.8 Å². The molecule has 1 atom stereocenters. The number of anilines is 1. The molecule has 1 fully saturated rings. The average molecular weight is 495 g/mol. The van der Waals surface area contributed by atoms with Gasteiger partial charge in [0, 0.05) is 30.9 Å². The lowest BCUT2D eigenvalue weighted by molar-refractivity contribution is -0.122. The minimum absolute atomic E-state index is 0.0386. The van der Waals surface area contributed by atoms with Crippen LogP contribution in [0.1, 0.15) is 25.3 Å². The Morgan fingerprint density at radius 2 is 2.06 bits per heavy atom. The van der Waals surface area contributed by atoms with Crippen LogP contribution in [0.4, 0.5) is 5.13 Å². The van der Waals surface area contributed by atoms with Gasteiger partial charge in [0.2, 0.25) is 5.91 Å². The second-order valence-corrected chi connectivity index (χ2v) is 9.44. The van der Waals surface area contributed by atoms with Crippen molar-refractivity contribution < 1.29 is 4.79 Å². The van der Waals surface area contributed by atoms with E-state index in [-0.39, 0.29) is 17.5 Å². The zero-order valence-electron chi connectivity index (χ0n) is 18.6. The highest BCUT2D eigenvalue weighted by molar-refractivity contribution is 7.21. The Morgan fingerprint density at radius 1 is 1.24 bits per heavy atom. The minimum atomic E-state index is -0.327. The standard InChI is InChI=1S/C24H23ClN6O2S/c1-2-30-20(17-13-16(25)10-11-26-17)29-22-19(23(30)33)28-24(34-22)31-12-6-9-18(31)21(32)27-14-15-7-4-3-5-8-15/h3-5,7-8,10-11,13,18H,2,6,9,12,14H2,1H3,(H,27,32)/t18-/m1/s1. The first kappa shape index (κ1) is 22.5. The first-order valence-electron chi connectivity index (χ1n) is 11.2. The van der Waals surface area contributed by atoms with Gasteiger partial charge in [-0.15, -0.1) is 0 Å². The third-order valence-electron chi connectivity index (χ3n) is 5.89. The molecule has 0 saturated carbocycles. The molecule has 4 heterocycles. The number of benzene rings is 1. The molecular formula is C24H23ClN6O2S. The number of carbonyl (C=O) groups is 1. The van der Waals surface area contributed by atoms with E-state index in [2.05, 4.69) is 15.3 Å². The van der Waals surface area contributed by atoms with Gasteiger partial charge in [-0.1, -0.05) is 53.3 Å². The number of halogens is 1. The number of fused-ring (bicyclic) bond motifs is 1. The van der Waals surface area contributed by atoms with E-state index < -0.39 is 0 Å². The van der Waals surface area contributed by atoms with Gasteiger partial charge in [-0.05, 0) is 37.5 Å². The van der Waals surface area contributed by atoms with Crippen LogP contribution in [0.2, 0.25) is 5.02 Å². The maximum absolute atomic E-state index is 13.3. The van der Waals surface area contributed by atoms with Crippen LogP contribution >= 0.6 is 22.9 Å². The summed E-state index contributed by atoms with van der Waals surface area (Å²) in [6, 6.07) is 12.9. The smallest absolute Gasteiger partial charge is 0.281 e. The van der Waals surface area contributed by atoms with Gasteiger partial charge in [0.15, 0.2) is 21.3 Å². The molecule has 0 spiro atoms. The van der Waals surface area contributed by atoms with Crippen LogP contribution in [0, 0.1) is 0 Å². The molecule has 0 aliphatic carbocycles. The molecule has 10 heteroatoms. The van der Waals surface area contributed by atoms with Crippen molar-refractivity contribution >= 4 is 44.3 Å². The maximum atomic E-state index is 13.3. The molecule has 3 aromatic heterocycles. The highest BCUT2D eigenvalue weighted by atomic mass is 35.5. The molecule has 4 aromatic rings. The van der Waals surface area contributed by atoms with E-state index in [4.69, 9.17) is 16.6 Å². The zero-order chi connectivity index (χ0) is 23.7. The van der Waals surface area contributed by atoms with Gasteiger partial charge >= 0.3 is 0 Å². The number of pyridine rings is 1. The fraction of sp³-hybridized carbons (Fsp3) is 0.292. The average Bonchev–Trinajstić information content (AvgIpc) is 3.50. The SMILES string of the molecule is CCn1c(-c2cc(Cl)ccn2)nc2sc(N3CCC[C@@H]3C(=O)NCc3ccccc3)nc2c1=O. The highest BCUT2D eigenvalue weighted by Gasteiger charge is 2.33. The molecule has 174 valence electrons. The van der Waals surface area contributed by atoms with E-state index in [9.17, 15) is 9.59 Å².